The molecular weight excluding hydrogens is 402 g/mol. The van der Waals surface area contributed by atoms with Gasteiger partial charge in [-0.25, -0.2) is 13.9 Å². The monoisotopic (exact) mass is 421 g/mol. The Bertz CT molecular complexity index is 969. The van der Waals surface area contributed by atoms with Crippen LogP contribution >= 0.6 is 11.6 Å². The van der Waals surface area contributed by atoms with Crippen molar-refractivity contribution in [3.63, 3.8) is 0 Å². The number of hydrogen-bond acceptors (Lipinski definition) is 5. The first-order chi connectivity index (χ1) is 13.4. The number of anilines is 1. The molecule has 0 unspecified atom stereocenters. The molecule has 9 heteroatoms. The molecule has 0 atom stereocenters. The van der Waals surface area contributed by atoms with Gasteiger partial charge in [-0.3, -0.25) is 10.0 Å². The van der Waals surface area contributed by atoms with Crippen LogP contribution < -0.4 is 10.4 Å². The minimum atomic E-state index is -3.59. The Morgan fingerprint density at radius 3 is 2.36 bits per heavy atom. The quantitative estimate of drug-likeness (QED) is 0.439. The van der Waals surface area contributed by atoms with Gasteiger partial charge in [0, 0.05) is 43.0 Å². The van der Waals surface area contributed by atoms with Gasteiger partial charge >= 0.3 is 0 Å². The molecular formula is C19H20ClN3O4S. The summed E-state index contributed by atoms with van der Waals surface area (Å²) in [6.45, 7) is 1.92. The molecule has 3 rings (SSSR count). The summed E-state index contributed by atoms with van der Waals surface area (Å²) >= 11 is 6.03. The second-order valence-corrected chi connectivity index (χ2v) is 8.62. The van der Waals surface area contributed by atoms with E-state index in [1.165, 1.54) is 28.0 Å². The molecule has 2 aromatic carbocycles. The lowest BCUT2D eigenvalue weighted by Gasteiger charge is -2.35. The summed E-state index contributed by atoms with van der Waals surface area (Å²) in [5.74, 6) is -0.658. The van der Waals surface area contributed by atoms with Gasteiger partial charge in [-0.05, 0) is 42.0 Å². The zero-order valence-corrected chi connectivity index (χ0v) is 16.5. The molecule has 1 aliphatic heterocycles. The third kappa shape index (κ3) is 4.71. The molecule has 2 N–H and O–H groups in total. The van der Waals surface area contributed by atoms with E-state index in [1.54, 1.807) is 18.2 Å². The number of sulfonamides is 1. The van der Waals surface area contributed by atoms with Gasteiger partial charge in [-0.2, -0.15) is 4.31 Å². The molecule has 2 aromatic rings. The Morgan fingerprint density at radius 2 is 1.75 bits per heavy atom. The van der Waals surface area contributed by atoms with Crippen LogP contribution in [0.3, 0.4) is 0 Å². The van der Waals surface area contributed by atoms with Crippen LogP contribution in [0.5, 0.6) is 0 Å². The topological polar surface area (TPSA) is 90.0 Å². The molecule has 148 valence electrons. The van der Waals surface area contributed by atoms with E-state index in [2.05, 4.69) is 4.90 Å². The molecule has 1 heterocycles. The van der Waals surface area contributed by atoms with Crippen LogP contribution in [-0.2, 0) is 14.8 Å². The highest BCUT2D eigenvalue weighted by Gasteiger charge is 2.28. The fourth-order valence-electron chi connectivity index (χ4n) is 2.97. The Hall–Kier alpha value is -2.39. The second kappa shape index (κ2) is 8.74. The van der Waals surface area contributed by atoms with Crippen LogP contribution in [0.15, 0.2) is 59.5 Å². The molecule has 1 fully saturated rings. The average molecular weight is 422 g/mol. The highest BCUT2D eigenvalue weighted by molar-refractivity contribution is 7.89. The molecule has 1 saturated heterocycles. The first-order valence-corrected chi connectivity index (χ1v) is 10.4. The predicted octanol–water partition coefficient (Wildman–Crippen LogP) is 2.37. The number of piperazine rings is 1. The number of hydroxylamine groups is 1. The lowest BCUT2D eigenvalue weighted by molar-refractivity contribution is -0.124. The summed E-state index contributed by atoms with van der Waals surface area (Å²) < 4.78 is 27.2. The number of benzene rings is 2. The molecule has 0 radical (unpaired) electrons. The van der Waals surface area contributed by atoms with Crippen LogP contribution in [0.25, 0.3) is 6.08 Å². The van der Waals surface area contributed by atoms with Crippen molar-refractivity contribution in [2.75, 3.05) is 31.1 Å². The first kappa shape index (κ1) is 20.3. The Kier molecular flexibility index (Phi) is 6.35. The number of carbonyl (C=O) groups is 1. The van der Waals surface area contributed by atoms with E-state index in [-0.39, 0.29) is 4.90 Å². The molecule has 0 saturated carbocycles. The summed E-state index contributed by atoms with van der Waals surface area (Å²) in [7, 11) is -3.59. The predicted molar refractivity (Wildman–Crippen MR) is 108 cm³/mol. The molecule has 7 nitrogen and oxygen atoms in total. The number of amides is 1. The summed E-state index contributed by atoms with van der Waals surface area (Å²) in [6.07, 6.45) is 2.63. The highest BCUT2D eigenvalue weighted by atomic mass is 35.5. The van der Waals surface area contributed by atoms with Crippen molar-refractivity contribution in [1.29, 1.82) is 0 Å². The van der Waals surface area contributed by atoms with E-state index < -0.39 is 15.9 Å². The van der Waals surface area contributed by atoms with Crippen molar-refractivity contribution in [1.82, 2.24) is 9.79 Å². The van der Waals surface area contributed by atoms with Gasteiger partial charge in [0.2, 0.25) is 10.0 Å². The highest BCUT2D eigenvalue weighted by Crippen LogP contribution is 2.23. The van der Waals surface area contributed by atoms with Gasteiger partial charge in [-0.15, -0.1) is 0 Å². The summed E-state index contributed by atoms with van der Waals surface area (Å²) in [6, 6.07) is 13.7. The van der Waals surface area contributed by atoms with E-state index in [0.717, 1.165) is 11.8 Å². The fraction of sp³-hybridized carbons (Fsp3) is 0.211. The van der Waals surface area contributed by atoms with Crippen LogP contribution in [0, 0.1) is 0 Å². The smallest absolute Gasteiger partial charge is 0.267 e. The Morgan fingerprint density at radius 1 is 1.07 bits per heavy atom. The van der Waals surface area contributed by atoms with Crippen molar-refractivity contribution < 1.29 is 18.4 Å². The number of nitrogens with one attached hydrogen (secondary N) is 1. The van der Waals surface area contributed by atoms with Gasteiger partial charge in [0.05, 0.1) is 4.90 Å². The molecule has 1 amide bonds. The SMILES string of the molecule is O=C(C=Cc1ccc(S(=O)(=O)N2CCN(c3cccc(Cl)c3)CC2)cc1)NO. The number of nitrogens with zero attached hydrogens (tertiary/aromatic N) is 2. The van der Waals surface area contributed by atoms with Gasteiger partial charge in [0.25, 0.3) is 5.91 Å². The molecule has 0 bridgehead atoms. The Labute approximate surface area is 168 Å². The summed E-state index contributed by atoms with van der Waals surface area (Å²) in [5.41, 5.74) is 3.12. The molecule has 0 aromatic heterocycles. The van der Waals surface area contributed by atoms with Crippen LogP contribution in [0.4, 0.5) is 5.69 Å². The largest absolute Gasteiger partial charge is 0.369 e. The van der Waals surface area contributed by atoms with Gasteiger partial charge in [0.1, 0.15) is 0 Å². The van der Waals surface area contributed by atoms with Crippen LogP contribution in [0.2, 0.25) is 5.02 Å². The van der Waals surface area contributed by atoms with Crippen LogP contribution in [0.1, 0.15) is 5.56 Å². The average Bonchev–Trinajstić information content (AvgIpc) is 2.72. The van der Waals surface area contributed by atoms with Crippen molar-refractivity contribution in [3.05, 3.63) is 65.2 Å². The van der Waals surface area contributed by atoms with E-state index in [0.29, 0.717) is 36.8 Å². The molecule has 28 heavy (non-hydrogen) atoms. The third-order valence-corrected chi connectivity index (χ3v) is 6.62. The first-order valence-electron chi connectivity index (χ1n) is 8.63. The Balaban J connectivity index is 1.67. The number of hydrogen-bond donors (Lipinski definition) is 2. The van der Waals surface area contributed by atoms with Crippen molar-refractivity contribution in [2.45, 2.75) is 4.90 Å². The maximum Gasteiger partial charge on any atom is 0.267 e. The van der Waals surface area contributed by atoms with Gasteiger partial charge in [-0.1, -0.05) is 29.8 Å². The maximum absolute atomic E-state index is 12.9. The number of halogens is 1. The lowest BCUT2D eigenvalue weighted by atomic mass is 10.2. The van der Waals surface area contributed by atoms with E-state index in [4.69, 9.17) is 16.8 Å². The minimum absolute atomic E-state index is 0.201. The number of rotatable bonds is 5. The van der Waals surface area contributed by atoms with Gasteiger partial charge in [0.15, 0.2) is 0 Å². The molecule has 1 aliphatic rings. The second-order valence-electron chi connectivity index (χ2n) is 6.25. The zero-order valence-electron chi connectivity index (χ0n) is 15.0. The van der Waals surface area contributed by atoms with Crippen molar-refractivity contribution in [2.24, 2.45) is 0 Å². The van der Waals surface area contributed by atoms with E-state index in [1.807, 2.05) is 18.2 Å². The van der Waals surface area contributed by atoms with Gasteiger partial charge < -0.3 is 4.90 Å². The fourth-order valence-corrected chi connectivity index (χ4v) is 4.58. The minimum Gasteiger partial charge on any atom is -0.369 e. The third-order valence-electron chi connectivity index (χ3n) is 4.47. The van der Waals surface area contributed by atoms with Crippen LogP contribution in [-0.4, -0.2) is 50.0 Å². The number of carbonyl (C=O) groups excluding carboxylic acids is 1. The van der Waals surface area contributed by atoms with Crippen molar-refractivity contribution in [3.8, 4) is 0 Å². The standard InChI is InChI=1S/C19H20ClN3O4S/c20-16-2-1-3-17(14-16)22-10-12-23(13-11-22)28(26,27)18-7-4-15(5-8-18)6-9-19(24)21-25/h1-9,14,25H,10-13H2,(H,21,24). The van der Waals surface area contributed by atoms with E-state index >= 15 is 0 Å². The van der Waals surface area contributed by atoms with Crippen molar-refractivity contribution >= 4 is 39.3 Å². The zero-order chi connectivity index (χ0) is 20.1. The molecule has 0 spiro atoms. The normalized spacial score (nSPS) is 15.7. The summed E-state index contributed by atoms with van der Waals surface area (Å²) in [4.78, 5) is 13.3. The molecule has 0 aliphatic carbocycles. The maximum atomic E-state index is 12.9. The lowest BCUT2D eigenvalue weighted by Crippen LogP contribution is -2.48. The van der Waals surface area contributed by atoms with E-state index in [9.17, 15) is 13.2 Å². The summed E-state index contributed by atoms with van der Waals surface area (Å²) in [5, 5.41) is 9.12.